The Morgan fingerprint density at radius 3 is 2.64 bits per heavy atom. The van der Waals surface area contributed by atoms with Crippen LogP contribution >= 0.6 is 0 Å². The van der Waals surface area contributed by atoms with Crippen molar-refractivity contribution in [3.8, 4) is 0 Å². The SMILES string of the molecule is [2H]CCC1(c2ccccc2)CC1. The lowest BCUT2D eigenvalue weighted by Gasteiger charge is -2.11. The molecule has 1 aliphatic carbocycles. The largest absolute Gasteiger partial charge is 0.0645 e. The monoisotopic (exact) mass is 147 g/mol. The van der Waals surface area contributed by atoms with Crippen LogP contribution in [0.4, 0.5) is 0 Å². The van der Waals surface area contributed by atoms with E-state index in [4.69, 9.17) is 1.37 Å². The van der Waals surface area contributed by atoms with Gasteiger partial charge in [0.15, 0.2) is 0 Å². The highest BCUT2D eigenvalue weighted by molar-refractivity contribution is 5.30. The second kappa shape index (κ2) is 2.37. The van der Waals surface area contributed by atoms with Gasteiger partial charge in [-0.25, -0.2) is 0 Å². The van der Waals surface area contributed by atoms with E-state index in [-0.39, 0.29) is 0 Å². The van der Waals surface area contributed by atoms with E-state index in [0.717, 1.165) is 6.42 Å². The first kappa shape index (κ1) is 5.82. The molecule has 0 nitrogen and oxygen atoms in total. The fourth-order valence-electron chi connectivity index (χ4n) is 1.63. The summed E-state index contributed by atoms with van der Waals surface area (Å²) in [4.78, 5) is 0. The first-order valence-corrected chi connectivity index (χ1v) is 4.22. The summed E-state index contributed by atoms with van der Waals surface area (Å²) in [6, 6.07) is 10.6. The summed E-state index contributed by atoms with van der Waals surface area (Å²) in [5, 5.41) is 0. The first-order valence-electron chi connectivity index (χ1n) is 4.93. The van der Waals surface area contributed by atoms with E-state index >= 15 is 0 Å². The molecule has 11 heavy (non-hydrogen) atoms. The standard InChI is InChI=1S/C11H14/c1-2-11(8-9-11)10-6-4-3-5-7-10/h3-7H,2,8-9H2,1H3/i1D. The molecule has 1 fully saturated rings. The number of hydrogen-bond donors (Lipinski definition) is 0. The molecule has 1 aromatic rings. The molecule has 0 amide bonds. The van der Waals surface area contributed by atoms with Gasteiger partial charge in [0.1, 0.15) is 0 Å². The van der Waals surface area contributed by atoms with Crippen molar-refractivity contribution >= 4 is 0 Å². The zero-order valence-corrected chi connectivity index (χ0v) is 6.72. The van der Waals surface area contributed by atoms with Crippen LogP contribution in [0.1, 0.15) is 33.1 Å². The summed E-state index contributed by atoms with van der Waals surface area (Å²) in [7, 11) is 0. The quantitative estimate of drug-likeness (QED) is 0.603. The van der Waals surface area contributed by atoms with Gasteiger partial charge in [-0.05, 0) is 30.2 Å². The van der Waals surface area contributed by atoms with Crippen molar-refractivity contribution in [2.24, 2.45) is 0 Å². The molecule has 1 aliphatic rings. The molecule has 2 rings (SSSR count). The summed E-state index contributed by atoms with van der Waals surface area (Å²) in [5.41, 5.74) is 1.85. The molecule has 0 radical (unpaired) electrons. The zero-order valence-electron chi connectivity index (χ0n) is 7.72. The van der Waals surface area contributed by atoms with Gasteiger partial charge >= 0.3 is 0 Å². The topological polar surface area (TPSA) is 0 Å². The van der Waals surface area contributed by atoms with Gasteiger partial charge < -0.3 is 0 Å². The van der Waals surface area contributed by atoms with Crippen LogP contribution in [0.15, 0.2) is 30.3 Å². The molecule has 0 unspecified atom stereocenters. The molecule has 0 bridgehead atoms. The van der Waals surface area contributed by atoms with E-state index in [2.05, 4.69) is 30.3 Å². The Bertz CT molecular complexity index is 249. The minimum absolute atomic E-state index is 0.406. The maximum Gasteiger partial charge on any atom is 0.0231 e. The normalized spacial score (nSPS) is 20.9. The van der Waals surface area contributed by atoms with E-state index in [0.29, 0.717) is 12.3 Å². The second-order valence-corrected chi connectivity index (χ2v) is 3.40. The van der Waals surface area contributed by atoms with E-state index in [9.17, 15) is 0 Å². The Hall–Kier alpha value is -0.780. The number of benzene rings is 1. The van der Waals surface area contributed by atoms with Crippen molar-refractivity contribution in [2.45, 2.75) is 31.6 Å². The second-order valence-electron chi connectivity index (χ2n) is 3.40. The fraction of sp³-hybridized carbons (Fsp3) is 0.455. The molecular weight excluding hydrogens is 132 g/mol. The van der Waals surface area contributed by atoms with Crippen molar-refractivity contribution in [1.82, 2.24) is 0 Å². The van der Waals surface area contributed by atoms with Crippen LogP contribution in [-0.4, -0.2) is 0 Å². The summed E-state index contributed by atoms with van der Waals surface area (Å²) in [6.45, 7) is 0.564. The average Bonchev–Trinajstić information content (AvgIpc) is 2.88. The van der Waals surface area contributed by atoms with Crippen LogP contribution in [0.3, 0.4) is 0 Å². The fourth-order valence-corrected chi connectivity index (χ4v) is 1.63. The van der Waals surface area contributed by atoms with Gasteiger partial charge in [0.25, 0.3) is 0 Å². The van der Waals surface area contributed by atoms with Crippen LogP contribution in [0.2, 0.25) is 0 Å². The predicted molar refractivity (Wildman–Crippen MR) is 47.6 cm³/mol. The molecule has 0 aromatic heterocycles. The lowest BCUT2D eigenvalue weighted by atomic mass is 9.94. The van der Waals surface area contributed by atoms with Gasteiger partial charge in [-0.15, -0.1) is 0 Å². The molecule has 0 spiro atoms. The van der Waals surface area contributed by atoms with Crippen molar-refractivity contribution in [1.29, 1.82) is 0 Å². The Morgan fingerprint density at radius 1 is 1.36 bits per heavy atom. The lowest BCUT2D eigenvalue weighted by Crippen LogP contribution is -2.02. The van der Waals surface area contributed by atoms with Crippen molar-refractivity contribution in [3.05, 3.63) is 35.9 Å². The summed E-state index contributed by atoms with van der Waals surface area (Å²) < 4.78 is 7.25. The highest BCUT2D eigenvalue weighted by Crippen LogP contribution is 2.50. The van der Waals surface area contributed by atoms with Crippen LogP contribution in [0, 0.1) is 0 Å². The van der Waals surface area contributed by atoms with Gasteiger partial charge in [0, 0.05) is 1.37 Å². The minimum atomic E-state index is 0.406. The maximum atomic E-state index is 7.25. The molecule has 0 saturated heterocycles. The van der Waals surface area contributed by atoms with Gasteiger partial charge in [-0.3, -0.25) is 0 Å². The lowest BCUT2D eigenvalue weighted by molar-refractivity contribution is 0.664. The summed E-state index contributed by atoms with van der Waals surface area (Å²) in [5.74, 6) is 0. The van der Waals surface area contributed by atoms with E-state index < -0.39 is 0 Å². The van der Waals surface area contributed by atoms with E-state index in [1.54, 1.807) is 0 Å². The van der Waals surface area contributed by atoms with Crippen LogP contribution in [0.5, 0.6) is 0 Å². The van der Waals surface area contributed by atoms with Gasteiger partial charge in [-0.1, -0.05) is 37.2 Å². The molecule has 0 N–H and O–H groups in total. The maximum absolute atomic E-state index is 7.25. The molecule has 0 aliphatic heterocycles. The highest BCUT2D eigenvalue weighted by Gasteiger charge is 2.41. The zero-order chi connectivity index (χ0) is 8.44. The number of hydrogen-bond acceptors (Lipinski definition) is 0. The van der Waals surface area contributed by atoms with Crippen molar-refractivity contribution in [2.75, 3.05) is 0 Å². The predicted octanol–water partition coefficient (Wildman–Crippen LogP) is 3.13. The highest BCUT2D eigenvalue weighted by atomic mass is 14.5. The molecule has 1 aromatic carbocycles. The van der Waals surface area contributed by atoms with Gasteiger partial charge in [0.2, 0.25) is 0 Å². The van der Waals surface area contributed by atoms with Gasteiger partial charge in [-0.2, -0.15) is 0 Å². The molecule has 58 valence electrons. The van der Waals surface area contributed by atoms with Crippen LogP contribution in [-0.2, 0) is 5.41 Å². The third-order valence-corrected chi connectivity index (χ3v) is 2.72. The summed E-state index contributed by atoms with van der Waals surface area (Å²) in [6.07, 6.45) is 3.61. The minimum Gasteiger partial charge on any atom is -0.0645 e. The Kier molecular flexibility index (Phi) is 1.25. The third kappa shape index (κ3) is 1.07. The number of rotatable bonds is 2. The Balaban J connectivity index is 2.19. The van der Waals surface area contributed by atoms with Gasteiger partial charge in [0.05, 0.1) is 0 Å². The van der Waals surface area contributed by atoms with Crippen LogP contribution < -0.4 is 0 Å². The molecule has 0 heteroatoms. The van der Waals surface area contributed by atoms with Crippen molar-refractivity contribution in [3.63, 3.8) is 0 Å². The van der Waals surface area contributed by atoms with E-state index in [1.165, 1.54) is 18.4 Å². The van der Waals surface area contributed by atoms with Crippen molar-refractivity contribution < 1.29 is 1.37 Å². The average molecular weight is 147 g/mol. The smallest absolute Gasteiger partial charge is 0.0231 e. The Labute approximate surface area is 69.7 Å². The molecular formula is C11H14. The molecule has 0 atom stereocenters. The van der Waals surface area contributed by atoms with Crippen LogP contribution in [0.25, 0.3) is 0 Å². The van der Waals surface area contributed by atoms with E-state index in [1.807, 2.05) is 0 Å². The molecule has 1 saturated carbocycles. The third-order valence-electron chi connectivity index (χ3n) is 2.72. The molecule has 0 heterocycles. The Morgan fingerprint density at radius 2 is 2.09 bits per heavy atom. The summed E-state index contributed by atoms with van der Waals surface area (Å²) >= 11 is 0. The first-order chi connectivity index (χ1) is 5.87.